The number of sulfonamides is 1. The van der Waals surface area contributed by atoms with Gasteiger partial charge in [-0.3, -0.25) is 0 Å². The molecule has 0 unspecified atom stereocenters. The molecule has 0 amide bonds. The van der Waals surface area contributed by atoms with Crippen molar-refractivity contribution in [3.63, 3.8) is 0 Å². The number of hydrogen-bond donors (Lipinski definition) is 1. The molecule has 20 heavy (non-hydrogen) atoms. The summed E-state index contributed by atoms with van der Waals surface area (Å²) < 4.78 is 27.9. The highest BCUT2D eigenvalue weighted by Gasteiger charge is 2.31. The molecule has 1 aliphatic rings. The second kappa shape index (κ2) is 5.40. The van der Waals surface area contributed by atoms with Crippen molar-refractivity contribution in [2.45, 2.75) is 23.2 Å². The van der Waals surface area contributed by atoms with Crippen molar-refractivity contribution in [2.75, 3.05) is 20.1 Å². The molecule has 7 heteroatoms. The minimum atomic E-state index is -3.50. The van der Waals surface area contributed by atoms with Gasteiger partial charge in [0.2, 0.25) is 4.34 Å². The van der Waals surface area contributed by atoms with Crippen LogP contribution in [0.3, 0.4) is 0 Å². The van der Waals surface area contributed by atoms with Crippen LogP contribution in [0.4, 0.5) is 0 Å². The van der Waals surface area contributed by atoms with Gasteiger partial charge in [0.1, 0.15) is 0 Å². The third-order valence-electron chi connectivity index (χ3n) is 3.66. The van der Waals surface area contributed by atoms with E-state index in [0.717, 1.165) is 29.6 Å². The molecule has 1 N–H and O–H groups in total. The van der Waals surface area contributed by atoms with Crippen LogP contribution in [0.2, 0.25) is 0 Å². The molecule has 0 spiro atoms. The SMILES string of the molecule is CN([C@H]1CCCNC1)S(=O)(=O)c1nc2ccccc2s1. The van der Waals surface area contributed by atoms with E-state index in [1.165, 1.54) is 15.6 Å². The van der Waals surface area contributed by atoms with Crippen molar-refractivity contribution < 1.29 is 8.42 Å². The highest BCUT2D eigenvalue weighted by Crippen LogP contribution is 2.28. The van der Waals surface area contributed by atoms with Crippen LogP contribution in [0.1, 0.15) is 12.8 Å². The molecule has 1 fully saturated rings. The Bertz CT molecular complexity index is 672. The molecule has 2 aromatic rings. The Morgan fingerprint density at radius 3 is 2.90 bits per heavy atom. The second-order valence-corrected chi connectivity index (χ2v) is 8.17. The number of para-hydroxylation sites is 1. The lowest BCUT2D eigenvalue weighted by Crippen LogP contribution is -2.46. The predicted octanol–water partition coefficient (Wildman–Crippen LogP) is 1.67. The molecule has 5 nitrogen and oxygen atoms in total. The van der Waals surface area contributed by atoms with Gasteiger partial charge in [-0.25, -0.2) is 13.4 Å². The first-order chi connectivity index (χ1) is 9.59. The summed E-state index contributed by atoms with van der Waals surface area (Å²) in [6.45, 7) is 1.67. The van der Waals surface area contributed by atoms with Gasteiger partial charge in [0.25, 0.3) is 10.0 Å². The molecular weight excluding hydrogens is 294 g/mol. The third-order valence-corrected chi connectivity index (χ3v) is 6.96. The number of hydrogen-bond acceptors (Lipinski definition) is 5. The normalized spacial score (nSPS) is 20.6. The molecule has 108 valence electrons. The number of benzene rings is 1. The second-order valence-electron chi connectivity index (χ2n) is 4.97. The average molecular weight is 311 g/mol. The molecule has 1 aromatic heterocycles. The highest BCUT2D eigenvalue weighted by atomic mass is 32.2. The number of nitrogens with zero attached hydrogens (tertiary/aromatic N) is 2. The quantitative estimate of drug-likeness (QED) is 0.936. The highest BCUT2D eigenvalue weighted by molar-refractivity contribution is 7.91. The number of piperidine rings is 1. The molecular formula is C13H17N3O2S2. The van der Waals surface area contributed by atoms with Gasteiger partial charge >= 0.3 is 0 Å². The Labute approximate surface area is 122 Å². The smallest absolute Gasteiger partial charge is 0.270 e. The topological polar surface area (TPSA) is 62.3 Å². The van der Waals surface area contributed by atoms with Crippen molar-refractivity contribution in [3.05, 3.63) is 24.3 Å². The summed E-state index contributed by atoms with van der Waals surface area (Å²) in [5.41, 5.74) is 0.742. The van der Waals surface area contributed by atoms with Crippen LogP contribution in [0.25, 0.3) is 10.2 Å². The van der Waals surface area contributed by atoms with E-state index >= 15 is 0 Å². The molecule has 1 saturated heterocycles. The van der Waals surface area contributed by atoms with E-state index in [4.69, 9.17) is 0 Å². The van der Waals surface area contributed by atoms with E-state index in [2.05, 4.69) is 10.3 Å². The van der Waals surface area contributed by atoms with E-state index in [1.54, 1.807) is 7.05 Å². The maximum Gasteiger partial charge on any atom is 0.270 e. The van der Waals surface area contributed by atoms with Crippen molar-refractivity contribution >= 4 is 31.6 Å². The van der Waals surface area contributed by atoms with Gasteiger partial charge in [-0.15, -0.1) is 11.3 Å². The Hall–Kier alpha value is -1.02. The monoisotopic (exact) mass is 311 g/mol. The summed E-state index contributed by atoms with van der Waals surface area (Å²) in [5.74, 6) is 0. The summed E-state index contributed by atoms with van der Waals surface area (Å²) >= 11 is 1.24. The standard InChI is InChI=1S/C13H17N3O2S2/c1-16(10-5-4-8-14-9-10)20(17,18)13-15-11-6-2-3-7-12(11)19-13/h2-3,6-7,10,14H,4-5,8-9H2,1H3/t10-/m0/s1. The molecule has 0 aliphatic carbocycles. The molecule has 1 aliphatic heterocycles. The summed E-state index contributed by atoms with van der Waals surface area (Å²) in [4.78, 5) is 4.27. The number of nitrogens with one attached hydrogen (secondary N) is 1. The van der Waals surface area contributed by atoms with Gasteiger partial charge in [-0.05, 0) is 31.5 Å². The van der Waals surface area contributed by atoms with Crippen molar-refractivity contribution in [2.24, 2.45) is 0 Å². The van der Waals surface area contributed by atoms with Gasteiger partial charge < -0.3 is 5.32 Å². The Morgan fingerprint density at radius 2 is 2.20 bits per heavy atom. The summed E-state index contributed by atoms with van der Waals surface area (Å²) in [7, 11) is -1.85. The summed E-state index contributed by atoms with van der Waals surface area (Å²) in [6, 6.07) is 7.51. The van der Waals surface area contributed by atoms with Crippen LogP contribution >= 0.6 is 11.3 Å². The Morgan fingerprint density at radius 1 is 1.40 bits per heavy atom. The van der Waals surface area contributed by atoms with E-state index in [9.17, 15) is 8.42 Å². The summed E-state index contributed by atoms with van der Waals surface area (Å²) in [6.07, 6.45) is 1.90. The number of fused-ring (bicyclic) bond motifs is 1. The first-order valence-corrected chi connectivity index (χ1v) is 8.89. The van der Waals surface area contributed by atoms with Gasteiger partial charge in [0.15, 0.2) is 0 Å². The lowest BCUT2D eigenvalue weighted by Gasteiger charge is -2.30. The number of thiazole rings is 1. The zero-order chi connectivity index (χ0) is 14.2. The van der Waals surface area contributed by atoms with Crippen LogP contribution in [0, 0.1) is 0 Å². The Kier molecular flexibility index (Phi) is 3.76. The fourth-order valence-electron chi connectivity index (χ4n) is 2.42. The predicted molar refractivity (Wildman–Crippen MR) is 80.5 cm³/mol. The molecule has 1 atom stereocenters. The molecule has 0 bridgehead atoms. The first kappa shape index (κ1) is 13.9. The minimum Gasteiger partial charge on any atom is -0.315 e. The molecule has 3 rings (SSSR count). The molecule has 2 heterocycles. The third kappa shape index (κ3) is 2.46. The van der Waals surface area contributed by atoms with Crippen LogP contribution in [-0.2, 0) is 10.0 Å². The van der Waals surface area contributed by atoms with E-state index in [1.807, 2.05) is 24.3 Å². The number of aromatic nitrogens is 1. The molecule has 0 radical (unpaired) electrons. The van der Waals surface area contributed by atoms with E-state index in [0.29, 0.717) is 6.54 Å². The maximum absolute atomic E-state index is 12.6. The fourth-order valence-corrected chi connectivity index (χ4v) is 5.20. The zero-order valence-corrected chi connectivity index (χ0v) is 12.9. The van der Waals surface area contributed by atoms with Crippen LogP contribution in [0.15, 0.2) is 28.6 Å². The largest absolute Gasteiger partial charge is 0.315 e. The Balaban J connectivity index is 1.93. The van der Waals surface area contributed by atoms with E-state index < -0.39 is 10.0 Å². The maximum atomic E-state index is 12.6. The van der Waals surface area contributed by atoms with E-state index in [-0.39, 0.29) is 10.4 Å². The zero-order valence-electron chi connectivity index (χ0n) is 11.2. The van der Waals surface area contributed by atoms with Crippen molar-refractivity contribution in [1.82, 2.24) is 14.6 Å². The molecule has 0 saturated carbocycles. The lowest BCUT2D eigenvalue weighted by atomic mass is 10.1. The van der Waals surface area contributed by atoms with Crippen molar-refractivity contribution in [3.8, 4) is 0 Å². The first-order valence-electron chi connectivity index (χ1n) is 6.63. The number of rotatable bonds is 3. The average Bonchev–Trinajstić information content (AvgIpc) is 2.92. The molecule has 1 aromatic carbocycles. The van der Waals surface area contributed by atoms with Crippen molar-refractivity contribution in [1.29, 1.82) is 0 Å². The van der Waals surface area contributed by atoms with Crippen LogP contribution < -0.4 is 5.32 Å². The van der Waals surface area contributed by atoms with Crippen LogP contribution in [-0.4, -0.2) is 43.9 Å². The van der Waals surface area contributed by atoms with Crippen LogP contribution in [0.5, 0.6) is 0 Å². The summed E-state index contributed by atoms with van der Waals surface area (Å²) in [5, 5.41) is 3.24. The van der Waals surface area contributed by atoms with Gasteiger partial charge in [-0.1, -0.05) is 12.1 Å². The van der Waals surface area contributed by atoms with Gasteiger partial charge in [0, 0.05) is 19.6 Å². The minimum absolute atomic E-state index is 0.0146. The van der Waals surface area contributed by atoms with Gasteiger partial charge in [0.05, 0.1) is 10.2 Å². The number of likely N-dealkylation sites (N-methyl/N-ethyl adjacent to an activating group) is 1. The fraction of sp³-hybridized carbons (Fsp3) is 0.462. The lowest BCUT2D eigenvalue weighted by molar-refractivity contribution is 0.300. The van der Waals surface area contributed by atoms with Gasteiger partial charge in [-0.2, -0.15) is 4.31 Å².